The molecule has 0 aliphatic carbocycles. The average Bonchev–Trinajstić information content (AvgIpc) is 2.73. The summed E-state index contributed by atoms with van der Waals surface area (Å²) in [7, 11) is 3.11. The first-order valence-corrected chi connectivity index (χ1v) is 9.90. The van der Waals surface area contributed by atoms with E-state index in [-0.39, 0.29) is 11.7 Å². The zero-order valence-electron chi connectivity index (χ0n) is 16.7. The third-order valence-corrected chi connectivity index (χ3v) is 5.53. The van der Waals surface area contributed by atoms with Crippen molar-refractivity contribution in [1.29, 1.82) is 5.26 Å². The van der Waals surface area contributed by atoms with Crippen LogP contribution in [0.1, 0.15) is 16.7 Å². The molecule has 7 heteroatoms. The minimum absolute atomic E-state index is 0.146. The fraction of sp³-hybridized carbons (Fsp3) is 0.227. The number of ether oxygens (including phenoxy) is 2. The highest BCUT2D eigenvalue weighted by atomic mass is 32.2. The molecule has 1 N–H and O–H groups in total. The van der Waals surface area contributed by atoms with E-state index in [2.05, 4.69) is 16.4 Å². The Morgan fingerprint density at radius 1 is 1.10 bits per heavy atom. The Morgan fingerprint density at radius 2 is 1.83 bits per heavy atom. The van der Waals surface area contributed by atoms with Crippen LogP contribution in [-0.4, -0.2) is 30.9 Å². The highest BCUT2D eigenvalue weighted by Crippen LogP contribution is 2.33. The van der Waals surface area contributed by atoms with Crippen molar-refractivity contribution in [3.05, 3.63) is 53.1 Å². The van der Waals surface area contributed by atoms with Gasteiger partial charge in [-0.15, -0.1) is 0 Å². The SMILES string of the molecule is COc1cc2cc(C#N)c(SCC(=O)Nc3ccc(C)c(C)c3)nc2cc1OC. The summed E-state index contributed by atoms with van der Waals surface area (Å²) >= 11 is 1.23. The van der Waals surface area contributed by atoms with Crippen molar-refractivity contribution in [3.63, 3.8) is 0 Å². The molecule has 148 valence electrons. The van der Waals surface area contributed by atoms with E-state index in [0.29, 0.717) is 27.6 Å². The van der Waals surface area contributed by atoms with Gasteiger partial charge in [0, 0.05) is 17.1 Å². The number of thioether (sulfide) groups is 1. The molecule has 0 saturated carbocycles. The fourth-order valence-electron chi connectivity index (χ4n) is 2.82. The smallest absolute Gasteiger partial charge is 0.234 e. The number of hydrogen-bond donors (Lipinski definition) is 1. The Balaban J connectivity index is 1.80. The Bertz CT molecular complexity index is 1120. The monoisotopic (exact) mass is 407 g/mol. The third-order valence-electron chi connectivity index (χ3n) is 4.54. The van der Waals surface area contributed by atoms with Gasteiger partial charge in [0.05, 0.1) is 31.1 Å². The van der Waals surface area contributed by atoms with E-state index < -0.39 is 0 Å². The summed E-state index contributed by atoms with van der Waals surface area (Å²) in [5.41, 5.74) is 4.11. The Labute approximate surface area is 173 Å². The summed E-state index contributed by atoms with van der Waals surface area (Å²) in [5, 5.41) is 13.7. The minimum atomic E-state index is -0.156. The average molecular weight is 407 g/mol. The molecule has 0 saturated heterocycles. The molecular weight excluding hydrogens is 386 g/mol. The van der Waals surface area contributed by atoms with E-state index in [9.17, 15) is 10.1 Å². The van der Waals surface area contributed by atoms with E-state index in [1.54, 1.807) is 32.4 Å². The van der Waals surface area contributed by atoms with E-state index in [4.69, 9.17) is 9.47 Å². The number of aromatic nitrogens is 1. The Hall–Kier alpha value is -3.24. The number of carbonyl (C=O) groups excluding carboxylic acids is 1. The number of aryl methyl sites for hydroxylation is 2. The molecule has 0 bridgehead atoms. The van der Waals surface area contributed by atoms with Crippen molar-refractivity contribution in [2.24, 2.45) is 0 Å². The maximum Gasteiger partial charge on any atom is 0.234 e. The number of benzene rings is 2. The molecule has 0 fully saturated rings. The summed E-state index contributed by atoms with van der Waals surface area (Å²) in [6, 6.07) is 13.2. The molecule has 0 aliphatic rings. The second kappa shape index (κ2) is 8.84. The second-order valence-electron chi connectivity index (χ2n) is 6.49. The number of nitriles is 1. The van der Waals surface area contributed by atoms with Gasteiger partial charge in [0.15, 0.2) is 11.5 Å². The Kier molecular flexibility index (Phi) is 6.25. The molecule has 29 heavy (non-hydrogen) atoms. The molecule has 0 aliphatic heterocycles. The van der Waals surface area contributed by atoms with Gasteiger partial charge in [-0.1, -0.05) is 17.8 Å². The summed E-state index contributed by atoms with van der Waals surface area (Å²) in [4.78, 5) is 16.9. The number of pyridine rings is 1. The number of methoxy groups -OCH3 is 2. The fourth-order valence-corrected chi connectivity index (χ4v) is 3.59. The molecule has 2 aromatic carbocycles. The van der Waals surface area contributed by atoms with Crippen molar-refractivity contribution in [2.45, 2.75) is 18.9 Å². The molecule has 0 spiro atoms. The van der Waals surface area contributed by atoms with Gasteiger partial charge in [0.1, 0.15) is 11.1 Å². The number of nitrogens with zero attached hydrogens (tertiary/aromatic N) is 2. The summed E-state index contributed by atoms with van der Waals surface area (Å²) < 4.78 is 10.6. The summed E-state index contributed by atoms with van der Waals surface area (Å²) in [5.74, 6) is 1.11. The van der Waals surface area contributed by atoms with E-state index in [0.717, 1.165) is 16.6 Å². The van der Waals surface area contributed by atoms with Gasteiger partial charge in [-0.2, -0.15) is 5.26 Å². The van der Waals surface area contributed by atoms with Crippen molar-refractivity contribution in [1.82, 2.24) is 4.98 Å². The molecule has 3 aromatic rings. The molecule has 1 amide bonds. The quantitative estimate of drug-likeness (QED) is 0.607. The molecular formula is C22H21N3O3S. The van der Waals surface area contributed by atoms with Crippen LogP contribution in [0, 0.1) is 25.2 Å². The highest BCUT2D eigenvalue weighted by molar-refractivity contribution is 8.00. The molecule has 0 unspecified atom stereocenters. The minimum Gasteiger partial charge on any atom is -0.493 e. The van der Waals surface area contributed by atoms with Gasteiger partial charge in [-0.25, -0.2) is 4.98 Å². The van der Waals surface area contributed by atoms with Gasteiger partial charge in [0.25, 0.3) is 0 Å². The molecule has 0 radical (unpaired) electrons. The van der Waals surface area contributed by atoms with Gasteiger partial charge < -0.3 is 14.8 Å². The first-order chi connectivity index (χ1) is 13.9. The van der Waals surface area contributed by atoms with Gasteiger partial charge in [0.2, 0.25) is 5.91 Å². The van der Waals surface area contributed by atoms with Crippen LogP contribution >= 0.6 is 11.8 Å². The normalized spacial score (nSPS) is 10.4. The van der Waals surface area contributed by atoms with E-state index in [1.807, 2.05) is 32.0 Å². The third kappa shape index (κ3) is 4.61. The molecule has 1 aromatic heterocycles. The lowest BCUT2D eigenvalue weighted by Crippen LogP contribution is -2.14. The molecule has 6 nitrogen and oxygen atoms in total. The molecule has 3 rings (SSSR count). The topological polar surface area (TPSA) is 84.2 Å². The zero-order chi connectivity index (χ0) is 21.0. The van der Waals surface area contributed by atoms with Crippen molar-refractivity contribution in [3.8, 4) is 17.6 Å². The number of amides is 1. The lowest BCUT2D eigenvalue weighted by molar-refractivity contribution is -0.113. The molecule has 1 heterocycles. The van der Waals surface area contributed by atoms with Crippen molar-refractivity contribution in [2.75, 3.05) is 25.3 Å². The first kappa shape index (κ1) is 20.5. The maximum atomic E-state index is 12.4. The van der Waals surface area contributed by atoms with Crippen molar-refractivity contribution < 1.29 is 14.3 Å². The number of carbonyl (C=O) groups is 1. The lowest BCUT2D eigenvalue weighted by Gasteiger charge is -2.11. The zero-order valence-corrected chi connectivity index (χ0v) is 17.5. The summed E-state index contributed by atoms with van der Waals surface area (Å²) in [6.07, 6.45) is 0. The van der Waals surface area contributed by atoms with Crippen LogP contribution in [0.15, 0.2) is 41.4 Å². The lowest BCUT2D eigenvalue weighted by atomic mass is 10.1. The van der Waals surface area contributed by atoms with Gasteiger partial charge in [-0.3, -0.25) is 4.79 Å². The van der Waals surface area contributed by atoms with Crippen molar-refractivity contribution >= 4 is 34.3 Å². The van der Waals surface area contributed by atoms with Gasteiger partial charge in [-0.05, 0) is 49.2 Å². The number of hydrogen-bond acceptors (Lipinski definition) is 6. The maximum absolute atomic E-state index is 12.4. The second-order valence-corrected chi connectivity index (χ2v) is 7.45. The summed E-state index contributed by atoms with van der Waals surface area (Å²) in [6.45, 7) is 4.03. The van der Waals surface area contributed by atoms with Crippen LogP contribution in [0.5, 0.6) is 11.5 Å². The number of fused-ring (bicyclic) bond motifs is 1. The Morgan fingerprint density at radius 3 is 2.48 bits per heavy atom. The van der Waals surface area contributed by atoms with E-state index in [1.165, 1.54) is 17.3 Å². The van der Waals surface area contributed by atoms with Crippen LogP contribution in [0.25, 0.3) is 10.9 Å². The highest BCUT2D eigenvalue weighted by Gasteiger charge is 2.13. The predicted molar refractivity (Wildman–Crippen MR) is 115 cm³/mol. The molecule has 0 atom stereocenters. The van der Waals surface area contributed by atoms with Gasteiger partial charge >= 0.3 is 0 Å². The van der Waals surface area contributed by atoms with Crippen LogP contribution in [0.2, 0.25) is 0 Å². The van der Waals surface area contributed by atoms with Crippen LogP contribution in [-0.2, 0) is 4.79 Å². The van der Waals surface area contributed by atoms with E-state index >= 15 is 0 Å². The number of anilines is 1. The standard InChI is InChI=1S/C22H21N3O3S/c1-13-5-6-17(7-14(13)2)24-21(26)12-29-22-16(11-23)8-15-9-19(27-3)20(28-4)10-18(15)25-22/h5-10H,12H2,1-4H3,(H,24,26). The number of nitrogens with one attached hydrogen (secondary N) is 1. The largest absolute Gasteiger partial charge is 0.493 e. The predicted octanol–water partition coefficient (Wildman–Crippen LogP) is 4.47. The number of rotatable bonds is 6. The van der Waals surface area contributed by atoms with Crippen LogP contribution in [0.4, 0.5) is 5.69 Å². The first-order valence-electron chi connectivity index (χ1n) is 8.92. The van der Waals surface area contributed by atoms with Crippen LogP contribution in [0.3, 0.4) is 0 Å². The van der Waals surface area contributed by atoms with Crippen LogP contribution < -0.4 is 14.8 Å².